The van der Waals surface area contributed by atoms with Gasteiger partial charge in [-0.3, -0.25) is 4.98 Å². The molecule has 0 bridgehead atoms. The van der Waals surface area contributed by atoms with Crippen molar-refractivity contribution in [1.82, 2.24) is 4.98 Å². The smallest absolute Gasteiger partial charge is 0.195 e. The first-order chi connectivity index (χ1) is 4.24. The van der Waals surface area contributed by atoms with E-state index in [1.165, 1.54) is 6.07 Å². The minimum Gasteiger partial charge on any atom is -0.495 e. The minimum atomic E-state index is -0.0121. The first-order valence-electron chi connectivity index (χ1n) is 2.40. The molecule has 1 aromatic rings. The Labute approximate surface area is 60.5 Å². The van der Waals surface area contributed by atoms with E-state index in [4.69, 9.17) is 10.2 Å². The first kappa shape index (κ1) is 6.48. The van der Waals surface area contributed by atoms with Gasteiger partial charge in [-0.05, 0) is 0 Å². The predicted molar refractivity (Wildman–Crippen MR) is 36.8 cm³/mol. The Balaban J connectivity index is 3.01. The average molecular weight is 192 g/mol. The molecule has 3 N–H and O–H groups in total. The fourth-order valence-corrected chi connectivity index (χ4v) is 1.00. The molecule has 0 aliphatic carbocycles. The van der Waals surface area contributed by atoms with E-state index in [0.717, 1.165) is 0 Å². The highest BCUT2D eigenvalue weighted by Crippen LogP contribution is 2.22. The molecule has 9 heavy (non-hydrogen) atoms. The molecule has 0 unspecified atom stereocenters. The van der Waals surface area contributed by atoms with Crippen LogP contribution in [0.15, 0.2) is 6.07 Å². The van der Waals surface area contributed by atoms with E-state index < -0.39 is 0 Å². The van der Waals surface area contributed by atoms with Gasteiger partial charge in [0, 0.05) is 17.0 Å². The highest BCUT2D eigenvalue weighted by atomic mass is 79.9. The molecule has 50 valence electrons. The monoisotopic (exact) mass is 191 g/mol. The Morgan fingerprint density at radius 1 is 1.56 bits per heavy atom. The van der Waals surface area contributed by atoms with Crippen molar-refractivity contribution in [2.45, 2.75) is 5.33 Å². The quantitative estimate of drug-likeness (QED) is 0.587. The van der Waals surface area contributed by atoms with E-state index in [1.54, 1.807) is 0 Å². The molecule has 0 aromatic carbocycles. The molecule has 1 rings (SSSR count). The Kier molecular flexibility index (Phi) is 1.66. The summed E-state index contributed by atoms with van der Waals surface area (Å²) in [5, 5.41) is 18.2. The zero-order chi connectivity index (χ0) is 6.85. The number of aromatic nitrogens is 1. The minimum absolute atomic E-state index is 0.0121. The summed E-state index contributed by atoms with van der Waals surface area (Å²) < 4.78 is 0. The second-order valence-electron chi connectivity index (χ2n) is 1.66. The largest absolute Gasteiger partial charge is 0.495 e. The molecule has 1 aromatic heterocycles. The summed E-state index contributed by atoms with van der Waals surface area (Å²) in [6, 6.07) is 1.46. The molecule has 4 heteroatoms. The van der Waals surface area contributed by atoms with E-state index >= 15 is 0 Å². The number of rotatable bonds is 1. The van der Waals surface area contributed by atoms with Gasteiger partial charge in [0.05, 0.1) is 0 Å². The Bertz CT molecular complexity index is 209. The van der Waals surface area contributed by atoms with Gasteiger partial charge in [0.25, 0.3) is 0 Å². The van der Waals surface area contributed by atoms with Gasteiger partial charge in [-0.25, -0.2) is 0 Å². The molecule has 3 nitrogen and oxygen atoms in total. The number of hydrogen-bond acceptors (Lipinski definition) is 2. The van der Waals surface area contributed by atoms with Crippen LogP contribution < -0.4 is 0 Å². The summed E-state index contributed by atoms with van der Waals surface area (Å²) >= 11 is 3.13. The summed E-state index contributed by atoms with van der Waals surface area (Å²) in [6.07, 6.45) is 0. The number of aromatic hydroxyl groups is 2. The fraction of sp³-hybridized carbons (Fsp3) is 0.200. The molecule has 0 saturated carbocycles. The number of halogens is 1. The van der Waals surface area contributed by atoms with Crippen molar-refractivity contribution in [2.75, 3.05) is 0 Å². The maximum atomic E-state index is 8.89. The Morgan fingerprint density at radius 3 is 2.44 bits per heavy atom. The average Bonchev–Trinajstić information content (AvgIpc) is 2.10. The van der Waals surface area contributed by atoms with Gasteiger partial charge >= 0.3 is 0 Å². The van der Waals surface area contributed by atoms with Gasteiger partial charge in [0.2, 0.25) is 0 Å². The lowest BCUT2D eigenvalue weighted by molar-refractivity contribution is 0.424. The predicted octanol–water partition coefficient (Wildman–Crippen LogP) is 1.32. The first-order valence-corrected chi connectivity index (χ1v) is 3.52. The lowest BCUT2D eigenvalue weighted by Crippen LogP contribution is -1.68. The van der Waals surface area contributed by atoms with E-state index in [9.17, 15) is 0 Å². The second-order valence-corrected chi connectivity index (χ2v) is 2.22. The Hall–Kier alpha value is -0.640. The van der Waals surface area contributed by atoms with Crippen LogP contribution in [-0.2, 0) is 5.33 Å². The SMILES string of the molecule is Oc1cc(CBr)c(O)[nH]1. The van der Waals surface area contributed by atoms with E-state index in [0.29, 0.717) is 10.9 Å². The van der Waals surface area contributed by atoms with E-state index in [2.05, 4.69) is 20.9 Å². The van der Waals surface area contributed by atoms with Gasteiger partial charge in [-0.2, -0.15) is 0 Å². The molecule has 0 amide bonds. The van der Waals surface area contributed by atoms with Crippen molar-refractivity contribution in [3.8, 4) is 11.8 Å². The maximum absolute atomic E-state index is 8.89. The fourth-order valence-electron chi connectivity index (χ4n) is 0.573. The van der Waals surface area contributed by atoms with Crippen LogP contribution in [0.2, 0.25) is 0 Å². The Morgan fingerprint density at radius 2 is 2.22 bits per heavy atom. The standard InChI is InChI=1S/C5H6BrNO2/c6-2-3-1-4(8)7-5(3)9/h1,7-9H,2H2. The van der Waals surface area contributed by atoms with Gasteiger partial charge in [0.15, 0.2) is 11.8 Å². The van der Waals surface area contributed by atoms with Crippen molar-refractivity contribution in [3.05, 3.63) is 11.6 Å². The van der Waals surface area contributed by atoms with E-state index in [-0.39, 0.29) is 11.8 Å². The molecule has 0 radical (unpaired) electrons. The lowest BCUT2D eigenvalue weighted by atomic mass is 10.4. The van der Waals surface area contributed by atoms with Crippen LogP contribution in [0.1, 0.15) is 5.56 Å². The third kappa shape index (κ3) is 1.18. The topological polar surface area (TPSA) is 56.2 Å². The van der Waals surface area contributed by atoms with Crippen LogP contribution in [0, 0.1) is 0 Å². The number of alkyl halides is 1. The summed E-state index contributed by atoms with van der Waals surface area (Å²) in [7, 11) is 0. The molecular formula is C5H6BrNO2. The van der Waals surface area contributed by atoms with Gasteiger partial charge in [-0.15, -0.1) is 0 Å². The second kappa shape index (κ2) is 2.31. The van der Waals surface area contributed by atoms with Crippen LogP contribution in [0.5, 0.6) is 11.8 Å². The molecule has 0 saturated heterocycles. The number of nitrogens with one attached hydrogen (secondary N) is 1. The van der Waals surface area contributed by atoms with Crippen LogP contribution in [-0.4, -0.2) is 15.2 Å². The molecule has 1 heterocycles. The molecular weight excluding hydrogens is 186 g/mol. The lowest BCUT2D eigenvalue weighted by Gasteiger charge is -1.85. The van der Waals surface area contributed by atoms with Crippen molar-refractivity contribution in [2.24, 2.45) is 0 Å². The highest BCUT2D eigenvalue weighted by Gasteiger charge is 2.02. The summed E-state index contributed by atoms with van der Waals surface area (Å²) in [5.74, 6) is 0.00586. The maximum Gasteiger partial charge on any atom is 0.195 e. The van der Waals surface area contributed by atoms with Crippen molar-refractivity contribution < 1.29 is 10.2 Å². The van der Waals surface area contributed by atoms with Crippen molar-refractivity contribution >= 4 is 15.9 Å². The number of aromatic amines is 1. The van der Waals surface area contributed by atoms with Gasteiger partial charge < -0.3 is 10.2 Å². The van der Waals surface area contributed by atoms with Crippen LogP contribution in [0.25, 0.3) is 0 Å². The van der Waals surface area contributed by atoms with Crippen LogP contribution >= 0.6 is 15.9 Å². The number of hydrogen-bond donors (Lipinski definition) is 3. The molecule has 0 aliphatic rings. The summed E-state index contributed by atoms with van der Waals surface area (Å²) in [4.78, 5) is 2.34. The zero-order valence-corrected chi connectivity index (χ0v) is 6.14. The van der Waals surface area contributed by atoms with Gasteiger partial charge in [0.1, 0.15) is 0 Å². The normalized spacial score (nSPS) is 9.89. The molecule has 0 spiro atoms. The third-order valence-corrected chi connectivity index (χ3v) is 1.61. The zero-order valence-electron chi connectivity index (χ0n) is 4.56. The third-order valence-electron chi connectivity index (χ3n) is 1.01. The van der Waals surface area contributed by atoms with Crippen molar-refractivity contribution in [1.29, 1.82) is 0 Å². The van der Waals surface area contributed by atoms with E-state index in [1.807, 2.05) is 0 Å². The molecule has 0 atom stereocenters. The number of H-pyrrole nitrogens is 1. The van der Waals surface area contributed by atoms with Gasteiger partial charge in [-0.1, -0.05) is 15.9 Å². The highest BCUT2D eigenvalue weighted by molar-refractivity contribution is 9.08. The summed E-state index contributed by atoms with van der Waals surface area (Å²) in [5.41, 5.74) is 0.660. The molecule has 0 fully saturated rings. The molecule has 0 aliphatic heterocycles. The van der Waals surface area contributed by atoms with Crippen molar-refractivity contribution in [3.63, 3.8) is 0 Å². The summed E-state index contributed by atoms with van der Waals surface area (Å²) in [6.45, 7) is 0. The van der Waals surface area contributed by atoms with Crippen LogP contribution in [0.3, 0.4) is 0 Å². The van der Waals surface area contributed by atoms with Crippen LogP contribution in [0.4, 0.5) is 0 Å².